The maximum atomic E-state index is 6.20. The summed E-state index contributed by atoms with van der Waals surface area (Å²) in [7, 11) is 0. The molecule has 4 heteroatoms. The maximum Gasteiger partial charge on any atom is 0.147 e. The van der Waals surface area contributed by atoms with Crippen molar-refractivity contribution < 1.29 is 0 Å². The Balaban J connectivity index is 1.53. The third kappa shape index (κ3) is 2.29. The van der Waals surface area contributed by atoms with Crippen LogP contribution in [-0.2, 0) is 0 Å². The van der Waals surface area contributed by atoms with Crippen LogP contribution in [0.1, 0.15) is 12.8 Å². The van der Waals surface area contributed by atoms with Crippen LogP contribution in [0.25, 0.3) is 11.3 Å². The van der Waals surface area contributed by atoms with Gasteiger partial charge in [-0.15, -0.1) is 0 Å². The summed E-state index contributed by atoms with van der Waals surface area (Å²) in [6.45, 7) is 2.11. The third-order valence-corrected chi connectivity index (χ3v) is 4.94. The van der Waals surface area contributed by atoms with Crippen molar-refractivity contribution in [3.05, 3.63) is 42.7 Å². The Hall–Kier alpha value is -1.94. The maximum absolute atomic E-state index is 6.20. The van der Waals surface area contributed by atoms with Gasteiger partial charge in [-0.3, -0.25) is 4.98 Å². The molecule has 1 aromatic heterocycles. The van der Waals surface area contributed by atoms with Gasteiger partial charge in [0.15, 0.2) is 0 Å². The number of aromatic nitrogens is 2. The summed E-state index contributed by atoms with van der Waals surface area (Å²) in [5.74, 6) is 2.37. The van der Waals surface area contributed by atoms with E-state index in [9.17, 15) is 0 Å². The first-order valence-electron chi connectivity index (χ1n) is 7.69. The van der Waals surface area contributed by atoms with E-state index in [-0.39, 0.29) is 0 Å². The van der Waals surface area contributed by atoms with E-state index < -0.39 is 0 Å². The lowest BCUT2D eigenvalue weighted by molar-refractivity contribution is 0.453. The van der Waals surface area contributed by atoms with E-state index in [0.29, 0.717) is 12.0 Å². The Kier molecular flexibility index (Phi) is 3.11. The zero-order valence-electron chi connectivity index (χ0n) is 12.0. The van der Waals surface area contributed by atoms with Crippen molar-refractivity contribution in [3.8, 4) is 11.3 Å². The summed E-state index contributed by atoms with van der Waals surface area (Å²) < 4.78 is 0. The molecule has 1 aromatic carbocycles. The van der Waals surface area contributed by atoms with Gasteiger partial charge in [0.2, 0.25) is 0 Å². The molecule has 1 aliphatic carbocycles. The number of anilines is 1. The molecule has 2 aliphatic rings. The molecule has 21 heavy (non-hydrogen) atoms. The average Bonchev–Trinajstić information content (AvgIpc) is 3.11. The number of rotatable bonds is 2. The van der Waals surface area contributed by atoms with E-state index >= 15 is 0 Å². The van der Waals surface area contributed by atoms with Crippen molar-refractivity contribution in [1.82, 2.24) is 9.97 Å². The lowest BCUT2D eigenvalue weighted by atomic mass is 9.98. The van der Waals surface area contributed by atoms with Gasteiger partial charge >= 0.3 is 0 Å². The van der Waals surface area contributed by atoms with Gasteiger partial charge in [0.1, 0.15) is 5.82 Å². The van der Waals surface area contributed by atoms with Gasteiger partial charge in [0.05, 0.1) is 18.1 Å². The van der Waals surface area contributed by atoms with Gasteiger partial charge in [-0.25, -0.2) is 4.98 Å². The standard InChI is InChI=1S/C17H20N4/c18-15-7-6-13-10-21(11-14(13)15)17-9-19-16(8-20-17)12-4-2-1-3-5-12/h1-5,8-9,13-15H,6-7,10-11,18H2. The average molecular weight is 280 g/mol. The van der Waals surface area contributed by atoms with Crippen LogP contribution in [0.5, 0.6) is 0 Å². The fraction of sp³-hybridized carbons (Fsp3) is 0.412. The molecule has 1 aliphatic heterocycles. The lowest BCUT2D eigenvalue weighted by Gasteiger charge is -2.19. The van der Waals surface area contributed by atoms with Crippen LogP contribution in [0.15, 0.2) is 42.7 Å². The van der Waals surface area contributed by atoms with E-state index in [4.69, 9.17) is 5.73 Å². The molecule has 2 heterocycles. The van der Waals surface area contributed by atoms with Crippen LogP contribution in [0.4, 0.5) is 5.82 Å². The molecule has 3 unspecified atom stereocenters. The van der Waals surface area contributed by atoms with Gasteiger partial charge in [-0.1, -0.05) is 30.3 Å². The van der Waals surface area contributed by atoms with Crippen LogP contribution < -0.4 is 10.6 Å². The first-order valence-corrected chi connectivity index (χ1v) is 7.69. The molecule has 3 atom stereocenters. The first kappa shape index (κ1) is 12.8. The fourth-order valence-corrected chi connectivity index (χ4v) is 3.74. The molecule has 2 fully saturated rings. The highest BCUT2D eigenvalue weighted by atomic mass is 15.2. The van der Waals surface area contributed by atoms with Crippen LogP contribution >= 0.6 is 0 Å². The Bertz CT molecular complexity index is 610. The van der Waals surface area contributed by atoms with Crippen molar-refractivity contribution in [2.45, 2.75) is 18.9 Å². The molecule has 4 nitrogen and oxygen atoms in total. The summed E-state index contributed by atoms with van der Waals surface area (Å²) >= 11 is 0. The summed E-state index contributed by atoms with van der Waals surface area (Å²) in [6.07, 6.45) is 6.22. The Labute approximate surface area is 125 Å². The molecule has 2 aromatic rings. The molecule has 1 saturated carbocycles. The van der Waals surface area contributed by atoms with Crippen LogP contribution in [0, 0.1) is 11.8 Å². The normalized spacial score (nSPS) is 27.9. The number of hydrogen-bond donors (Lipinski definition) is 1. The van der Waals surface area contributed by atoms with Crippen molar-refractivity contribution in [1.29, 1.82) is 0 Å². The second-order valence-corrected chi connectivity index (χ2v) is 6.20. The van der Waals surface area contributed by atoms with Crippen LogP contribution in [0.3, 0.4) is 0 Å². The van der Waals surface area contributed by atoms with Crippen molar-refractivity contribution >= 4 is 5.82 Å². The number of nitrogens with zero attached hydrogens (tertiary/aromatic N) is 3. The highest BCUT2D eigenvalue weighted by Crippen LogP contribution is 2.38. The molecule has 0 spiro atoms. The van der Waals surface area contributed by atoms with E-state index in [1.165, 1.54) is 12.8 Å². The molecular formula is C17H20N4. The fourth-order valence-electron chi connectivity index (χ4n) is 3.74. The summed E-state index contributed by atoms with van der Waals surface area (Å²) in [5.41, 5.74) is 8.23. The quantitative estimate of drug-likeness (QED) is 0.917. The predicted molar refractivity (Wildman–Crippen MR) is 83.9 cm³/mol. The molecule has 4 rings (SSSR count). The molecule has 0 amide bonds. The topological polar surface area (TPSA) is 55.0 Å². The summed E-state index contributed by atoms with van der Waals surface area (Å²) in [6, 6.07) is 10.5. The highest BCUT2D eigenvalue weighted by Gasteiger charge is 2.41. The van der Waals surface area contributed by atoms with Gasteiger partial charge in [-0.2, -0.15) is 0 Å². The largest absolute Gasteiger partial charge is 0.355 e. The minimum Gasteiger partial charge on any atom is -0.355 e. The van der Waals surface area contributed by atoms with E-state index in [0.717, 1.165) is 36.1 Å². The Morgan fingerprint density at radius 1 is 1.00 bits per heavy atom. The lowest BCUT2D eigenvalue weighted by Crippen LogP contribution is -2.30. The Morgan fingerprint density at radius 2 is 1.86 bits per heavy atom. The number of hydrogen-bond acceptors (Lipinski definition) is 4. The van der Waals surface area contributed by atoms with Crippen molar-refractivity contribution in [2.24, 2.45) is 17.6 Å². The van der Waals surface area contributed by atoms with E-state index in [2.05, 4.69) is 27.0 Å². The van der Waals surface area contributed by atoms with Gasteiger partial charge < -0.3 is 10.6 Å². The zero-order valence-corrected chi connectivity index (χ0v) is 12.0. The second kappa shape index (κ2) is 5.11. The zero-order chi connectivity index (χ0) is 14.2. The molecule has 1 saturated heterocycles. The van der Waals surface area contributed by atoms with Crippen LogP contribution in [-0.4, -0.2) is 29.1 Å². The number of fused-ring (bicyclic) bond motifs is 1. The van der Waals surface area contributed by atoms with E-state index in [1.807, 2.05) is 30.6 Å². The smallest absolute Gasteiger partial charge is 0.147 e. The minimum atomic E-state index is 0.372. The van der Waals surface area contributed by atoms with Gasteiger partial charge in [-0.05, 0) is 24.7 Å². The Morgan fingerprint density at radius 3 is 2.57 bits per heavy atom. The molecule has 108 valence electrons. The highest BCUT2D eigenvalue weighted by molar-refractivity contribution is 5.58. The molecule has 0 bridgehead atoms. The summed E-state index contributed by atoms with van der Waals surface area (Å²) in [4.78, 5) is 11.5. The monoisotopic (exact) mass is 280 g/mol. The first-order chi connectivity index (χ1) is 10.3. The van der Waals surface area contributed by atoms with Crippen LogP contribution in [0.2, 0.25) is 0 Å². The van der Waals surface area contributed by atoms with E-state index in [1.54, 1.807) is 0 Å². The molecule has 0 radical (unpaired) electrons. The molecule has 2 N–H and O–H groups in total. The summed E-state index contributed by atoms with van der Waals surface area (Å²) in [5, 5.41) is 0. The third-order valence-electron chi connectivity index (χ3n) is 4.94. The van der Waals surface area contributed by atoms with Gasteiger partial charge in [0.25, 0.3) is 0 Å². The number of nitrogens with two attached hydrogens (primary N) is 1. The van der Waals surface area contributed by atoms with Gasteiger partial charge in [0, 0.05) is 24.7 Å². The van der Waals surface area contributed by atoms with Crippen molar-refractivity contribution in [2.75, 3.05) is 18.0 Å². The van der Waals surface area contributed by atoms with Crippen molar-refractivity contribution in [3.63, 3.8) is 0 Å². The number of benzene rings is 1. The predicted octanol–water partition coefficient (Wildman–Crippen LogP) is 2.32. The molecular weight excluding hydrogens is 260 g/mol. The minimum absolute atomic E-state index is 0.372. The SMILES string of the molecule is NC1CCC2CN(c3cnc(-c4ccccc4)cn3)CC12. The second-order valence-electron chi connectivity index (χ2n) is 6.20.